The van der Waals surface area contributed by atoms with E-state index in [0.717, 1.165) is 5.56 Å². The number of nitrogens with one attached hydrogen (secondary N) is 1. The van der Waals surface area contributed by atoms with Crippen molar-refractivity contribution in [2.75, 3.05) is 6.54 Å². The highest BCUT2D eigenvalue weighted by molar-refractivity contribution is 5.79. The van der Waals surface area contributed by atoms with Gasteiger partial charge in [0.2, 0.25) is 0 Å². The molecule has 30 heavy (non-hydrogen) atoms. The first kappa shape index (κ1) is 23.7. The number of carbonyl (C=O) groups is 1. The fraction of sp³-hybridized carbons (Fsp3) is 0.480. The second kappa shape index (κ2) is 8.68. The van der Waals surface area contributed by atoms with Crippen LogP contribution in [0.25, 0.3) is 11.1 Å². The number of hydrogen-bond donors (Lipinski definition) is 3. The van der Waals surface area contributed by atoms with Crippen LogP contribution in [0.1, 0.15) is 54.0 Å². The van der Waals surface area contributed by atoms with Crippen LogP contribution in [0, 0.1) is 5.41 Å². The summed E-state index contributed by atoms with van der Waals surface area (Å²) in [4.78, 5) is 13.1. The number of phenols is 2. The van der Waals surface area contributed by atoms with Gasteiger partial charge in [-0.15, -0.1) is 0 Å². The van der Waals surface area contributed by atoms with Crippen molar-refractivity contribution in [2.24, 2.45) is 5.41 Å². The molecule has 0 saturated heterocycles. The Morgan fingerprint density at radius 3 is 2.07 bits per heavy atom. The number of rotatable bonds is 6. The molecule has 5 heteroatoms. The van der Waals surface area contributed by atoms with Gasteiger partial charge in [-0.3, -0.25) is 4.79 Å². The largest absolute Gasteiger partial charge is 0.507 e. The summed E-state index contributed by atoms with van der Waals surface area (Å²) in [5.41, 5.74) is 0.391. The minimum atomic E-state index is -0.812. The molecule has 5 nitrogen and oxygen atoms in total. The lowest BCUT2D eigenvalue weighted by Gasteiger charge is -2.34. The summed E-state index contributed by atoms with van der Waals surface area (Å²) in [6, 6.07) is 12.1. The van der Waals surface area contributed by atoms with Crippen LogP contribution < -0.4 is 5.32 Å². The second-order valence-electron chi connectivity index (χ2n) is 10.2. The Bertz CT molecular complexity index is 893. The number of aromatic hydroxyl groups is 2. The van der Waals surface area contributed by atoms with E-state index >= 15 is 0 Å². The molecule has 0 spiro atoms. The molecule has 0 heterocycles. The van der Waals surface area contributed by atoms with Gasteiger partial charge in [0.25, 0.3) is 0 Å². The van der Waals surface area contributed by atoms with Gasteiger partial charge in [0.1, 0.15) is 17.1 Å². The normalized spacial score (nSPS) is 14.2. The van der Waals surface area contributed by atoms with Crippen molar-refractivity contribution < 1.29 is 19.7 Å². The third-order valence-corrected chi connectivity index (χ3v) is 4.75. The second-order valence-corrected chi connectivity index (χ2v) is 10.2. The van der Waals surface area contributed by atoms with E-state index in [0.29, 0.717) is 24.1 Å². The highest BCUT2D eigenvalue weighted by Crippen LogP contribution is 2.37. The van der Waals surface area contributed by atoms with Crippen LogP contribution in [0.4, 0.5) is 0 Å². The molecule has 164 valence electrons. The zero-order chi connectivity index (χ0) is 22.7. The molecule has 0 fully saturated rings. The van der Waals surface area contributed by atoms with Crippen molar-refractivity contribution >= 4 is 5.97 Å². The van der Waals surface area contributed by atoms with Crippen LogP contribution in [-0.2, 0) is 16.0 Å². The molecular formula is C25H35NO4. The van der Waals surface area contributed by atoms with E-state index in [1.54, 1.807) is 36.4 Å². The summed E-state index contributed by atoms with van der Waals surface area (Å²) in [5, 5.41) is 24.0. The molecule has 0 aliphatic rings. The molecule has 0 saturated carbocycles. The molecule has 1 atom stereocenters. The molecule has 3 N–H and O–H groups in total. The van der Waals surface area contributed by atoms with E-state index in [9.17, 15) is 15.0 Å². The van der Waals surface area contributed by atoms with E-state index in [1.165, 1.54) is 0 Å². The summed E-state index contributed by atoms with van der Waals surface area (Å²) >= 11 is 0. The van der Waals surface area contributed by atoms with Gasteiger partial charge in [0.15, 0.2) is 0 Å². The molecule has 2 aromatic carbocycles. The Morgan fingerprint density at radius 2 is 1.50 bits per heavy atom. The van der Waals surface area contributed by atoms with E-state index in [-0.39, 0.29) is 23.0 Å². The number of para-hydroxylation sites is 1. The maximum atomic E-state index is 13.1. The van der Waals surface area contributed by atoms with Gasteiger partial charge >= 0.3 is 5.97 Å². The van der Waals surface area contributed by atoms with E-state index in [2.05, 4.69) is 26.1 Å². The fourth-order valence-electron chi connectivity index (χ4n) is 3.13. The number of esters is 1. The van der Waals surface area contributed by atoms with Crippen LogP contribution >= 0.6 is 0 Å². The van der Waals surface area contributed by atoms with Crippen molar-refractivity contribution in [2.45, 2.75) is 66.0 Å². The molecule has 0 radical (unpaired) electrons. The van der Waals surface area contributed by atoms with Crippen molar-refractivity contribution in [1.29, 1.82) is 0 Å². The van der Waals surface area contributed by atoms with Gasteiger partial charge < -0.3 is 20.3 Å². The third-order valence-electron chi connectivity index (χ3n) is 4.75. The fourth-order valence-corrected chi connectivity index (χ4v) is 3.13. The molecule has 0 bridgehead atoms. The monoisotopic (exact) mass is 413 g/mol. The van der Waals surface area contributed by atoms with Gasteiger partial charge in [-0.2, -0.15) is 0 Å². The van der Waals surface area contributed by atoms with Crippen molar-refractivity contribution in [3.05, 3.63) is 48.0 Å². The van der Waals surface area contributed by atoms with Crippen LogP contribution in [0.2, 0.25) is 0 Å². The minimum Gasteiger partial charge on any atom is -0.507 e. The lowest BCUT2D eigenvalue weighted by molar-refractivity contribution is -0.166. The van der Waals surface area contributed by atoms with Gasteiger partial charge in [-0.05, 0) is 78.6 Å². The number of benzene rings is 2. The van der Waals surface area contributed by atoms with Crippen molar-refractivity contribution in [1.82, 2.24) is 5.32 Å². The molecular weight excluding hydrogens is 378 g/mol. The van der Waals surface area contributed by atoms with Gasteiger partial charge in [0.05, 0.1) is 5.41 Å². The van der Waals surface area contributed by atoms with Crippen molar-refractivity contribution in [3.63, 3.8) is 0 Å². The Hall–Kier alpha value is -2.53. The lowest BCUT2D eigenvalue weighted by atomic mass is 9.82. The summed E-state index contributed by atoms with van der Waals surface area (Å²) < 4.78 is 5.73. The molecule has 0 aliphatic heterocycles. The zero-order valence-corrected chi connectivity index (χ0v) is 19.2. The Labute approximate surface area is 180 Å². The number of phenolic OH excluding ortho intramolecular Hbond substituents is 2. The van der Waals surface area contributed by atoms with Gasteiger partial charge in [0, 0.05) is 23.2 Å². The SMILES string of the molecule is CC(C)(C)NC[C@](C)(Cc1ccc(O)c(-c2ccccc2O)c1)C(=O)OC(C)(C)C. The van der Waals surface area contributed by atoms with Gasteiger partial charge in [-0.25, -0.2) is 0 Å². The summed E-state index contributed by atoms with van der Waals surface area (Å²) in [6.07, 6.45) is 0.422. The Kier molecular flexibility index (Phi) is 6.87. The Balaban J connectivity index is 2.41. The standard InChI is InChI=1S/C25H35NO4/c1-23(2,3)26-16-25(7,22(29)30-24(4,5)6)15-17-12-13-21(28)19(14-17)18-10-8-9-11-20(18)27/h8-14,26-28H,15-16H2,1-7H3/t25-/m0/s1. The minimum absolute atomic E-state index is 0.0760. The summed E-state index contributed by atoms with van der Waals surface area (Å²) in [6.45, 7) is 14.1. The Morgan fingerprint density at radius 1 is 0.900 bits per heavy atom. The molecule has 0 aliphatic carbocycles. The lowest BCUT2D eigenvalue weighted by Crippen LogP contribution is -2.49. The first-order valence-electron chi connectivity index (χ1n) is 10.3. The molecule has 2 rings (SSSR count). The maximum Gasteiger partial charge on any atom is 0.313 e. The van der Waals surface area contributed by atoms with Crippen LogP contribution in [0.5, 0.6) is 11.5 Å². The molecule has 0 amide bonds. The highest BCUT2D eigenvalue weighted by Gasteiger charge is 2.38. The zero-order valence-electron chi connectivity index (χ0n) is 19.2. The molecule has 0 aromatic heterocycles. The van der Waals surface area contributed by atoms with E-state index in [1.807, 2.05) is 33.8 Å². The highest BCUT2D eigenvalue weighted by atomic mass is 16.6. The predicted octanol–water partition coefficient (Wildman–Crippen LogP) is 5.04. The summed E-state index contributed by atoms with van der Waals surface area (Å²) in [5.74, 6) is -0.106. The maximum absolute atomic E-state index is 13.1. The third kappa shape index (κ3) is 6.49. The first-order chi connectivity index (χ1) is 13.7. The van der Waals surface area contributed by atoms with E-state index in [4.69, 9.17) is 4.74 Å². The first-order valence-corrected chi connectivity index (χ1v) is 10.3. The quantitative estimate of drug-likeness (QED) is 0.578. The number of ether oxygens (including phenoxy) is 1. The average Bonchev–Trinajstić information content (AvgIpc) is 2.60. The van der Waals surface area contributed by atoms with Crippen molar-refractivity contribution in [3.8, 4) is 22.6 Å². The van der Waals surface area contributed by atoms with Crippen LogP contribution in [0.3, 0.4) is 0 Å². The van der Waals surface area contributed by atoms with Crippen LogP contribution in [0.15, 0.2) is 42.5 Å². The van der Waals surface area contributed by atoms with Gasteiger partial charge in [-0.1, -0.05) is 24.3 Å². The van der Waals surface area contributed by atoms with E-state index < -0.39 is 11.0 Å². The van der Waals surface area contributed by atoms with Crippen LogP contribution in [-0.4, -0.2) is 33.9 Å². The number of hydrogen-bond acceptors (Lipinski definition) is 5. The average molecular weight is 414 g/mol. The summed E-state index contributed by atoms with van der Waals surface area (Å²) in [7, 11) is 0. The molecule has 0 unspecified atom stereocenters. The number of carbonyl (C=O) groups excluding carboxylic acids is 1. The molecule has 2 aromatic rings. The smallest absolute Gasteiger partial charge is 0.313 e. The predicted molar refractivity (Wildman–Crippen MR) is 121 cm³/mol. The topological polar surface area (TPSA) is 78.8 Å².